The second kappa shape index (κ2) is 6.27. The third-order valence-electron chi connectivity index (χ3n) is 4.50. The molecule has 0 bridgehead atoms. The number of hydrogen-bond donors (Lipinski definition) is 2. The molecule has 1 aliphatic rings. The van der Waals surface area contributed by atoms with E-state index in [0.717, 1.165) is 11.3 Å². The molecule has 1 saturated heterocycles. The summed E-state index contributed by atoms with van der Waals surface area (Å²) in [7, 11) is 0. The van der Waals surface area contributed by atoms with Gasteiger partial charge in [0, 0.05) is 17.5 Å². The third kappa shape index (κ3) is 3.38. The van der Waals surface area contributed by atoms with Gasteiger partial charge in [-0.1, -0.05) is 12.1 Å². The number of aromatic amines is 1. The standard InChI is InChI=1S/C17H20N6O2/c1-16(2)17(3,4)25-15(24-16)11-6-5-7-13(8-11)19-10-12(9-18)14-20-22-23-21-14/h5-8,10,15,19H,1-4H3,(H,20,21,22,23). The fourth-order valence-electron chi connectivity index (χ4n) is 2.33. The van der Waals surface area contributed by atoms with E-state index in [9.17, 15) is 5.26 Å². The molecule has 8 heteroatoms. The molecule has 8 nitrogen and oxygen atoms in total. The molecule has 2 N–H and O–H groups in total. The molecular formula is C17H20N6O2. The minimum absolute atomic E-state index is 0.233. The van der Waals surface area contributed by atoms with Crippen LogP contribution in [-0.2, 0) is 9.47 Å². The molecule has 0 unspecified atom stereocenters. The molecule has 0 spiro atoms. The van der Waals surface area contributed by atoms with Crippen molar-refractivity contribution in [3.63, 3.8) is 0 Å². The summed E-state index contributed by atoms with van der Waals surface area (Å²) in [6, 6.07) is 9.68. The smallest absolute Gasteiger partial charge is 0.216 e. The van der Waals surface area contributed by atoms with E-state index < -0.39 is 17.5 Å². The van der Waals surface area contributed by atoms with Gasteiger partial charge in [-0.2, -0.15) is 10.5 Å². The lowest BCUT2D eigenvalue weighted by Crippen LogP contribution is -2.41. The maximum Gasteiger partial charge on any atom is 0.216 e. The van der Waals surface area contributed by atoms with Crippen molar-refractivity contribution in [2.24, 2.45) is 0 Å². The van der Waals surface area contributed by atoms with Crippen LogP contribution in [0.5, 0.6) is 0 Å². The largest absolute Gasteiger partial charge is 0.360 e. The monoisotopic (exact) mass is 340 g/mol. The predicted octanol–water partition coefficient (Wildman–Crippen LogP) is 2.78. The highest BCUT2D eigenvalue weighted by atomic mass is 16.7. The van der Waals surface area contributed by atoms with E-state index in [4.69, 9.17) is 9.47 Å². The molecule has 0 saturated carbocycles. The van der Waals surface area contributed by atoms with Crippen LogP contribution in [0.1, 0.15) is 45.4 Å². The molecule has 0 amide bonds. The molecule has 0 aliphatic carbocycles. The number of H-pyrrole nitrogens is 1. The number of allylic oxidation sites excluding steroid dienone is 1. The number of nitriles is 1. The van der Waals surface area contributed by atoms with Crippen molar-refractivity contribution in [3.8, 4) is 6.07 Å². The molecule has 1 aromatic carbocycles. The van der Waals surface area contributed by atoms with Crippen LogP contribution >= 0.6 is 0 Å². The van der Waals surface area contributed by atoms with E-state index in [1.165, 1.54) is 6.20 Å². The van der Waals surface area contributed by atoms with Crippen LogP contribution in [0.2, 0.25) is 0 Å². The Morgan fingerprint density at radius 2 is 2.00 bits per heavy atom. The van der Waals surface area contributed by atoms with Gasteiger partial charge >= 0.3 is 0 Å². The lowest BCUT2D eigenvalue weighted by Gasteiger charge is -2.30. The van der Waals surface area contributed by atoms with Crippen LogP contribution in [0, 0.1) is 11.3 Å². The molecule has 25 heavy (non-hydrogen) atoms. The summed E-state index contributed by atoms with van der Waals surface area (Å²) in [6.45, 7) is 8.06. The summed E-state index contributed by atoms with van der Waals surface area (Å²) in [5.41, 5.74) is 1.18. The normalized spacial score (nSPS) is 19.6. The van der Waals surface area contributed by atoms with Gasteiger partial charge in [-0.25, -0.2) is 0 Å². The van der Waals surface area contributed by atoms with Crippen LogP contribution in [0.3, 0.4) is 0 Å². The molecule has 130 valence electrons. The number of rotatable bonds is 4. The molecule has 1 fully saturated rings. The Hall–Kier alpha value is -2.76. The summed E-state index contributed by atoms with van der Waals surface area (Å²) < 4.78 is 12.1. The quantitative estimate of drug-likeness (QED) is 0.824. The molecule has 0 radical (unpaired) electrons. The van der Waals surface area contributed by atoms with E-state index in [0.29, 0.717) is 0 Å². The topological polar surface area (TPSA) is 109 Å². The second-order valence-electron chi connectivity index (χ2n) is 6.76. The molecule has 1 aliphatic heterocycles. The van der Waals surface area contributed by atoms with Crippen molar-refractivity contribution in [1.82, 2.24) is 20.6 Å². The summed E-state index contributed by atoms with van der Waals surface area (Å²) in [5.74, 6) is 0.233. The highest BCUT2D eigenvalue weighted by Crippen LogP contribution is 2.44. The Kier molecular flexibility index (Phi) is 4.29. The number of anilines is 1. The first-order valence-corrected chi connectivity index (χ1v) is 7.89. The van der Waals surface area contributed by atoms with Crippen LogP contribution in [0.25, 0.3) is 5.57 Å². The van der Waals surface area contributed by atoms with Crippen molar-refractivity contribution in [1.29, 1.82) is 5.26 Å². The third-order valence-corrected chi connectivity index (χ3v) is 4.50. The zero-order chi connectivity index (χ0) is 18.1. The Morgan fingerprint density at radius 3 is 2.60 bits per heavy atom. The van der Waals surface area contributed by atoms with Gasteiger partial charge in [-0.15, -0.1) is 10.2 Å². The molecule has 1 aromatic heterocycles. The molecule has 0 atom stereocenters. The minimum Gasteiger partial charge on any atom is -0.360 e. The minimum atomic E-state index is -0.441. The number of ether oxygens (including phenoxy) is 2. The molecular weight excluding hydrogens is 320 g/mol. The second-order valence-corrected chi connectivity index (χ2v) is 6.76. The van der Waals surface area contributed by atoms with E-state index in [1.807, 2.05) is 58.0 Å². The lowest BCUT2D eigenvalue weighted by molar-refractivity contribution is -0.0895. The lowest BCUT2D eigenvalue weighted by atomic mass is 9.90. The summed E-state index contributed by atoms with van der Waals surface area (Å²) >= 11 is 0. The highest BCUT2D eigenvalue weighted by molar-refractivity contribution is 5.74. The number of aromatic nitrogens is 4. The van der Waals surface area contributed by atoms with Gasteiger partial charge in [0.2, 0.25) is 5.82 Å². The van der Waals surface area contributed by atoms with Gasteiger partial charge in [0.1, 0.15) is 11.6 Å². The van der Waals surface area contributed by atoms with Crippen molar-refractivity contribution >= 4 is 11.3 Å². The van der Waals surface area contributed by atoms with Crippen molar-refractivity contribution in [2.45, 2.75) is 45.2 Å². The maximum atomic E-state index is 9.20. The van der Waals surface area contributed by atoms with E-state index >= 15 is 0 Å². The van der Waals surface area contributed by atoms with Gasteiger partial charge in [0.25, 0.3) is 0 Å². The average Bonchev–Trinajstić information content (AvgIpc) is 3.15. The number of nitrogens with one attached hydrogen (secondary N) is 2. The zero-order valence-corrected chi connectivity index (χ0v) is 14.6. The zero-order valence-electron chi connectivity index (χ0n) is 14.6. The van der Waals surface area contributed by atoms with Gasteiger partial charge in [0.05, 0.1) is 11.2 Å². The van der Waals surface area contributed by atoms with Crippen molar-refractivity contribution in [2.75, 3.05) is 5.32 Å². The number of nitrogens with zero attached hydrogens (tertiary/aromatic N) is 4. The van der Waals surface area contributed by atoms with Crippen molar-refractivity contribution < 1.29 is 9.47 Å². The summed E-state index contributed by atoms with van der Waals surface area (Å²) in [6.07, 6.45) is 1.09. The first-order chi connectivity index (χ1) is 11.8. The Labute approximate surface area is 145 Å². The first kappa shape index (κ1) is 17.1. The molecule has 2 heterocycles. The van der Waals surface area contributed by atoms with E-state index in [-0.39, 0.29) is 11.4 Å². The Bertz CT molecular complexity index is 804. The van der Waals surface area contributed by atoms with Gasteiger partial charge in [0.15, 0.2) is 6.29 Å². The van der Waals surface area contributed by atoms with Gasteiger partial charge < -0.3 is 14.8 Å². The van der Waals surface area contributed by atoms with Crippen LogP contribution in [0.15, 0.2) is 30.5 Å². The van der Waals surface area contributed by atoms with Crippen molar-refractivity contribution in [3.05, 3.63) is 41.9 Å². The fourth-order valence-corrected chi connectivity index (χ4v) is 2.33. The van der Waals surface area contributed by atoms with E-state index in [1.54, 1.807) is 0 Å². The summed E-state index contributed by atoms with van der Waals surface area (Å²) in [5, 5.41) is 25.6. The highest BCUT2D eigenvalue weighted by Gasteiger charge is 2.49. The number of benzene rings is 1. The summed E-state index contributed by atoms with van der Waals surface area (Å²) in [4.78, 5) is 0. The van der Waals surface area contributed by atoms with Gasteiger partial charge in [-0.05, 0) is 45.0 Å². The van der Waals surface area contributed by atoms with Crippen LogP contribution in [-0.4, -0.2) is 31.8 Å². The fraction of sp³-hybridized carbons (Fsp3) is 0.412. The number of tetrazole rings is 1. The molecule has 2 aromatic rings. The Morgan fingerprint density at radius 1 is 1.28 bits per heavy atom. The van der Waals surface area contributed by atoms with E-state index in [2.05, 4.69) is 25.9 Å². The number of hydrogen-bond acceptors (Lipinski definition) is 7. The maximum absolute atomic E-state index is 9.20. The average molecular weight is 340 g/mol. The predicted molar refractivity (Wildman–Crippen MR) is 90.9 cm³/mol. The first-order valence-electron chi connectivity index (χ1n) is 7.89. The SMILES string of the molecule is CC1(C)OC(c2cccc(NC=C(C#N)c3nn[nH]n3)c2)OC1(C)C. The van der Waals surface area contributed by atoms with Crippen LogP contribution < -0.4 is 5.32 Å². The molecule has 3 rings (SSSR count). The van der Waals surface area contributed by atoms with Gasteiger partial charge in [-0.3, -0.25) is 0 Å². The van der Waals surface area contributed by atoms with Crippen LogP contribution in [0.4, 0.5) is 5.69 Å². The Balaban J connectivity index is 1.78.